The van der Waals surface area contributed by atoms with Crippen molar-refractivity contribution in [3.05, 3.63) is 65.7 Å². The summed E-state index contributed by atoms with van der Waals surface area (Å²) in [6.07, 6.45) is 2.19. The van der Waals surface area contributed by atoms with Gasteiger partial charge in [0, 0.05) is 19.6 Å². The summed E-state index contributed by atoms with van der Waals surface area (Å²) in [5, 5.41) is 10.5. The second-order valence-corrected chi connectivity index (χ2v) is 9.49. The molecule has 5 nitrogen and oxygen atoms in total. The molecule has 0 aliphatic carbocycles. The third kappa shape index (κ3) is 5.20. The Balaban J connectivity index is 1.78. The van der Waals surface area contributed by atoms with Crippen LogP contribution in [0.25, 0.3) is 0 Å². The second kappa shape index (κ2) is 8.74. The van der Waals surface area contributed by atoms with E-state index in [0.29, 0.717) is 6.54 Å². The van der Waals surface area contributed by atoms with E-state index in [2.05, 4.69) is 9.62 Å². The van der Waals surface area contributed by atoms with Gasteiger partial charge in [0.2, 0.25) is 10.0 Å². The van der Waals surface area contributed by atoms with Gasteiger partial charge in [-0.3, -0.25) is 0 Å². The van der Waals surface area contributed by atoms with Gasteiger partial charge in [0.1, 0.15) is 0 Å². The summed E-state index contributed by atoms with van der Waals surface area (Å²) in [5.74, 6) is 0. The molecule has 2 aromatic carbocycles. The normalized spacial score (nSPS) is 18.7. The van der Waals surface area contributed by atoms with E-state index in [4.69, 9.17) is 0 Å². The van der Waals surface area contributed by atoms with E-state index in [1.54, 1.807) is 12.1 Å². The first-order chi connectivity index (χ1) is 13.3. The van der Waals surface area contributed by atoms with Crippen molar-refractivity contribution in [1.82, 2.24) is 9.62 Å². The van der Waals surface area contributed by atoms with Crippen LogP contribution in [0.4, 0.5) is 0 Å². The fourth-order valence-corrected chi connectivity index (χ4v) is 4.85. The molecule has 28 heavy (non-hydrogen) atoms. The number of piperidine rings is 1. The molecule has 0 aromatic heterocycles. The van der Waals surface area contributed by atoms with E-state index in [0.717, 1.165) is 43.5 Å². The second-order valence-electron chi connectivity index (χ2n) is 7.78. The van der Waals surface area contributed by atoms with Crippen LogP contribution in [0.5, 0.6) is 0 Å². The minimum Gasteiger partial charge on any atom is -0.390 e. The molecule has 1 aliphatic heterocycles. The minimum absolute atomic E-state index is 0.276. The lowest BCUT2D eigenvalue weighted by atomic mass is 9.89. The van der Waals surface area contributed by atoms with Crippen molar-refractivity contribution in [3.8, 4) is 0 Å². The van der Waals surface area contributed by atoms with Gasteiger partial charge in [-0.05, 0) is 43.9 Å². The number of aliphatic hydroxyl groups is 1. The van der Waals surface area contributed by atoms with Crippen LogP contribution in [0.3, 0.4) is 0 Å². The fraction of sp³-hybridized carbons (Fsp3) is 0.455. The van der Waals surface area contributed by atoms with Gasteiger partial charge in [-0.1, -0.05) is 55.0 Å². The van der Waals surface area contributed by atoms with E-state index in [-0.39, 0.29) is 10.9 Å². The SMILES string of the molecule is CCC1(O)CCN(C[C@@H](NS(=O)(=O)c2ccc(C)cc2)c2ccccc2)CC1. The largest absolute Gasteiger partial charge is 0.390 e. The van der Waals surface area contributed by atoms with Crippen LogP contribution >= 0.6 is 0 Å². The standard InChI is InChI=1S/C22H30N2O3S/c1-3-22(25)13-15-24(16-14-22)17-21(19-7-5-4-6-8-19)23-28(26,27)20-11-9-18(2)10-12-20/h4-12,21,23,25H,3,13-17H2,1-2H3/t21-/m1/s1. The number of sulfonamides is 1. The molecule has 3 rings (SSSR count). The van der Waals surface area contributed by atoms with E-state index < -0.39 is 15.6 Å². The molecule has 0 radical (unpaired) electrons. The number of hydrogen-bond acceptors (Lipinski definition) is 4. The Hall–Kier alpha value is -1.73. The summed E-state index contributed by atoms with van der Waals surface area (Å²) >= 11 is 0. The molecule has 2 N–H and O–H groups in total. The summed E-state index contributed by atoms with van der Waals surface area (Å²) in [5.41, 5.74) is 1.38. The lowest BCUT2D eigenvalue weighted by Crippen LogP contribution is -2.47. The van der Waals surface area contributed by atoms with Gasteiger partial charge in [0.15, 0.2) is 0 Å². The predicted octanol–water partition coefficient (Wildman–Crippen LogP) is 3.25. The summed E-state index contributed by atoms with van der Waals surface area (Å²) in [6, 6.07) is 16.2. The van der Waals surface area contributed by atoms with E-state index in [1.807, 2.05) is 56.3 Å². The number of likely N-dealkylation sites (tertiary alicyclic amines) is 1. The maximum absolute atomic E-state index is 12.9. The predicted molar refractivity (Wildman–Crippen MR) is 112 cm³/mol. The van der Waals surface area contributed by atoms with Crippen molar-refractivity contribution < 1.29 is 13.5 Å². The Morgan fingerprint density at radius 2 is 1.68 bits per heavy atom. The molecule has 0 saturated carbocycles. The van der Waals surface area contributed by atoms with Gasteiger partial charge < -0.3 is 10.0 Å². The highest BCUT2D eigenvalue weighted by molar-refractivity contribution is 7.89. The summed E-state index contributed by atoms with van der Waals surface area (Å²) in [4.78, 5) is 2.51. The zero-order valence-corrected chi connectivity index (χ0v) is 17.5. The topological polar surface area (TPSA) is 69.6 Å². The van der Waals surface area contributed by atoms with Crippen LogP contribution in [-0.4, -0.2) is 43.7 Å². The van der Waals surface area contributed by atoms with Crippen molar-refractivity contribution >= 4 is 10.0 Å². The van der Waals surface area contributed by atoms with E-state index >= 15 is 0 Å². The van der Waals surface area contributed by atoms with Crippen LogP contribution in [0.1, 0.15) is 43.4 Å². The lowest BCUT2D eigenvalue weighted by Gasteiger charge is -2.39. The summed E-state index contributed by atoms with van der Waals surface area (Å²) < 4.78 is 28.8. The molecule has 1 heterocycles. The van der Waals surface area contributed by atoms with Gasteiger partial charge in [0.25, 0.3) is 0 Å². The van der Waals surface area contributed by atoms with Crippen LogP contribution < -0.4 is 4.72 Å². The Morgan fingerprint density at radius 1 is 1.07 bits per heavy atom. The number of hydrogen-bond donors (Lipinski definition) is 2. The average Bonchev–Trinajstić information content (AvgIpc) is 2.70. The Labute approximate surface area is 168 Å². The first kappa shape index (κ1) is 21.0. The Morgan fingerprint density at radius 3 is 2.25 bits per heavy atom. The van der Waals surface area contributed by atoms with E-state index in [9.17, 15) is 13.5 Å². The molecule has 0 unspecified atom stereocenters. The molecule has 0 amide bonds. The van der Waals surface area contributed by atoms with Crippen molar-refractivity contribution in [1.29, 1.82) is 0 Å². The highest BCUT2D eigenvalue weighted by Crippen LogP contribution is 2.27. The van der Waals surface area contributed by atoms with Gasteiger partial charge in [0.05, 0.1) is 16.5 Å². The molecule has 1 fully saturated rings. The number of aryl methyl sites for hydroxylation is 1. The highest BCUT2D eigenvalue weighted by Gasteiger charge is 2.32. The zero-order valence-electron chi connectivity index (χ0n) is 16.6. The number of nitrogens with zero attached hydrogens (tertiary/aromatic N) is 1. The maximum atomic E-state index is 12.9. The van der Waals surface area contributed by atoms with Gasteiger partial charge >= 0.3 is 0 Å². The third-order valence-electron chi connectivity index (χ3n) is 5.72. The Bertz CT molecular complexity index is 858. The first-order valence-electron chi connectivity index (χ1n) is 9.90. The van der Waals surface area contributed by atoms with Crippen LogP contribution in [0.2, 0.25) is 0 Å². The first-order valence-corrected chi connectivity index (χ1v) is 11.4. The molecular weight excluding hydrogens is 372 g/mol. The quantitative estimate of drug-likeness (QED) is 0.746. The van der Waals surface area contributed by atoms with Crippen molar-refractivity contribution in [2.75, 3.05) is 19.6 Å². The van der Waals surface area contributed by atoms with Crippen molar-refractivity contribution in [3.63, 3.8) is 0 Å². The molecule has 152 valence electrons. The molecule has 1 saturated heterocycles. The van der Waals surface area contributed by atoms with Gasteiger partial charge in [-0.25, -0.2) is 13.1 Å². The molecule has 0 bridgehead atoms. The monoisotopic (exact) mass is 402 g/mol. The van der Waals surface area contributed by atoms with Crippen LogP contribution in [0.15, 0.2) is 59.5 Å². The highest BCUT2D eigenvalue weighted by atomic mass is 32.2. The fourth-order valence-electron chi connectivity index (χ4n) is 3.63. The molecule has 1 atom stereocenters. The minimum atomic E-state index is -3.63. The Kier molecular flexibility index (Phi) is 6.55. The molecule has 1 aliphatic rings. The van der Waals surface area contributed by atoms with Gasteiger partial charge in [-0.2, -0.15) is 0 Å². The lowest BCUT2D eigenvalue weighted by molar-refractivity contribution is -0.0251. The smallest absolute Gasteiger partial charge is 0.241 e. The van der Waals surface area contributed by atoms with Crippen LogP contribution in [-0.2, 0) is 10.0 Å². The number of benzene rings is 2. The van der Waals surface area contributed by atoms with E-state index in [1.165, 1.54) is 0 Å². The van der Waals surface area contributed by atoms with Crippen molar-refractivity contribution in [2.24, 2.45) is 0 Å². The number of rotatable bonds is 7. The molecule has 2 aromatic rings. The maximum Gasteiger partial charge on any atom is 0.241 e. The van der Waals surface area contributed by atoms with Crippen LogP contribution in [0, 0.1) is 6.92 Å². The zero-order chi connectivity index (χ0) is 20.2. The third-order valence-corrected chi connectivity index (χ3v) is 7.20. The molecule has 0 spiro atoms. The molecular formula is C22H30N2O3S. The van der Waals surface area contributed by atoms with Gasteiger partial charge in [-0.15, -0.1) is 0 Å². The summed E-state index contributed by atoms with van der Waals surface area (Å²) in [6.45, 7) is 6.05. The summed E-state index contributed by atoms with van der Waals surface area (Å²) in [7, 11) is -3.63. The van der Waals surface area contributed by atoms with Crippen molar-refractivity contribution in [2.45, 2.75) is 49.6 Å². The molecule has 6 heteroatoms. The number of nitrogens with one attached hydrogen (secondary N) is 1. The average molecular weight is 403 g/mol.